The van der Waals surface area contributed by atoms with Gasteiger partial charge in [0.1, 0.15) is 0 Å². The van der Waals surface area contributed by atoms with E-state index < -0.39 is 12.1 Å². The Kier molecular flexibility index (Phi) is 3.90. The van der Waals surface area contributed by atoms with E-state index in [1.807, 2.05) is 0 Å². The Balaban J connectivity index is 1.56. The Morgan fingerprint density at radius 1 is 1.45 bits per heavy atom. The van der Waals surface area contributed by atoms with E-state index >= 15 is 0 Å². The first-order valence-corrected chi connectivity index (χ1v) is 8.12. The second kappa shape index (κ2) is 5.36. The molecule has 1 unspecified atom stereocenters. The van der Waals surface area contributed by atoms with Gasteiger partial charge in [-0.1, -0.05) is 26.0 Å². The summed E-state index contributed by atoms with van der Waals surface area (Å²) in [5.74, 6) is 0.267. The largest absolute Gasteiger partial charge is 0.481 e. The topological polar surface area (TPSA) is 76.0 Å². The highest BCUT2D eigenvalue weighted by Gasteiger charge is 2.66. The number of carbonyl (C=O) groups is 1. The molecule has 1 aliphatic heterocycles. The number of rotatable bonds is 5. The predicted octanol–water partition coefficient (Wildman–Crippen LogP) is 2.11. The lowest BCUT2D eigenvalue weighted by Gasteiger charge is -2.63. The summed E-state index contributed by atoms with van der Waals surface area (Å²) >= 11 is 0. The van der Waals surface area contributed by atoms with Crippen LogP contribution in [0.15, 0.2) is 12.2 Å². The normalized spacial score (nSPS) is 40.4. The van der Waals surface area contributed by atoms with Crippen molar-refractivity contribution in [2.24, 2.45) is 17.3 Å². The van der Waals surface area contributed by atoms with Gasteiger partial charge in [-0.25, -0.2) is 0 Å². The third kappa shape index (κ3) is 2.61. The molecule has 5 nitrogen and oxygen atoms in total. The first kappa shape index (κ1) is 16.0. The van der Waals surface area contributed by atoms with Crippen LogP contribution in [0.2, 0.25) is 6.32 Å². The lowest BCUT2D eigenvalue weighted by Crippen LogP contribution is -2.63. The minimum Gasteiger partial charge on any atom is -0.481 e. The van der Waals surface area contributed by atoms with E-state index in [-0.39, 0.29) is 25.2 Å². The Hall–Kier alpha value is -0.845. The van der Waals surface area contributed by atoms with Crippen LogP contribution in [0.1, 0.15) is 40.0 Å². The molecule has 2 N–H and O–H groups in total. The third-order valence-electron chi connectivity index (χ3n) is 5.93. The van der Waals surface area contributed by atoms with Crippen LogP contribution in [-0.4, -0.2) is 41.1 Å². The molecule has 6 heteroatoms. The third-order valence-corrected chi connectivity index (χ3v) is 5.93. The number of carboxylic acids is 1. The van der Waals surface area contributed by atoms with Crippen molar-refractivity contribution in [2.75, 3.05) is 0 Å². The fourth-order valence-corrected chi connectivity index (χ4v) is 4.49. The molecular weight excluding hydrogens is 283 g/mol. The molecule has 5 atom stereocenters. The van der Waals surface area contributed by atoms with Crippen molar-refractivity contribution in [1.29, 1.82) is 0 Å². The first-order valence-electron chi connectivity index (χ1n) is 8.12. The molecule has 3 saturated carbocycles. The second-order valence-corrected chi connectivity index (χ2v) is 7.81. The fraction of sp³-hybridized carbons (Fsp3) is 0.812. The summed E-state index contributed by atoms with van der Waals surface area (Å²) in [4.78, 5) is 10.5. The summed E-state index contributed by atoms with van der Waals surface area (Å²) in [6.07, 6.45) is 5.00. The quantitative estimate of drug-likeness (QED) is 0.601. The van der Waals surface area contributed by atoms with Gasteiger partial charge in [0.15, 0.2) is 0 Å². The molecule has 0 spiro atoms. The minimum atomic E-state index is -1.01. The van der Waals surface area contributed by atoms with Crippen LogP contribution in [0.25, 0.3) is 0 Å². The van der Waals surface area contributed by atoms with Crippen molar-refractivity contribution in [1.82, 2.24) is 0 Å². The number of allylic oxidation sites excluding steroid dienone is 1. The van der Waals surface area contributed by atoms with Gasteiger partial charge in [-0.05, 0) is 37.0 Å². The van der Waals surface area contributed by atoms with Crippen LogP contribution >= 0.6 is 0 Å². The van der Waals surface area contributed by atoms with Crippen LogP contribution in [-0.2, 0) is 14.1 Å². The number of hydrogen-bond donors (Lipinski definition) is 2. The Labute approximate surface area is 131 Å². The molecule has 0 amide bonds. The van der Waals surface area contributed by atoms with Crippen molar-refractivity contribution in [2.45, 2.75) is 64.2 Å². The number of carboxylic acid groups (broad SMARTS) is 1. The monoisotopic (exact) mass is 308 g/mol. The van der Waals surface area contributed by atoms with Crippen LogP contribution in [0, 0.1) is 17.3 Å². The Bertz CT molecular complexity index is 491. The van der Waals surface area contributed by atoms with E-state index in [0.29, 0.717) is 23.6 Å². The lowest BCUT2D eigenvalue weighted by molar-refractivity contribution is -0.185. The zero-order chi connectivity index (χ0) is 16.1. The Morgan fingerprint density at radius 3 is 2.82 bits per heavy atom. The summed E-state index contributed by atoms with van der Waals surface area (Å²) in [7, 11) is -0.293. The zero-order valence-corrected chi connectivity index (χ0v) is 13.5. The van der Waals surface area contributed by atoms with Gasteiger partial charge < -0.3 is 19.5 Å². The van der Waals surface area contributed by atoms with Crippen molar-refractivity contribution in [3.63, 3.8) is 0 Å². The molecule has 1 heterocycles. The summed E-state index contributed by atoms with van der Waals surface area (Å²) < 4.78 is 12.3. The van der Waals surface area contributed by atoms with Gasteiger partial charge in [-0.3, -0.25) is 4.79 Å². The molecule has 2 bridgehead atoms. The maximum atomic E-state index is 10.5. The number of hydrogen-bond acceptors (Lipinski definition) is 4. The van der Waals surface area contributed by atoms with Gasteiger partial charge in [0.05, 0.1) is 24.2 Å². The smallest absolute Gasteiger partial charge is 0.461 e. The Morgan fingerprint density at radius 2 is 2.18 bits per heavy atom. The van der Waals surface area contributed by atoms with Crippen molar-refractivity contribution in [3.05, 3.63) is 12.2 Å². The summed E-state index contributed by atoms with van der Waals surface area (Å²) in [5, 5.41) is 18.1. The molecule has 0 aromatic heterocycles. The van der Waals surface area contributed by atoms with Crippen LogP contribution in [0.4, 0.5) is 0 Å². The molecule has 4 rings (SSSR count). The first-order chi connectivity index (χ1) is 10.2. The van der Waals surface area contributed by atoms with E-state index in [2.05, 4.69) is 20.8 Å². The molecule has 122 valence electrons. The van der Waals surface area contributed by atoms with Gasteiger partial charge in [0.25, 0.3) is 0 Å². The fourth-order valence-electron chi connectivity index (χ4n) is 4.49. The zero-order valence-electron chi connectivity index (χ0n) is 13.5. The number of aliphatic hydroxyl groups excluding tert-OH is 1. The molecule has 0 aromatic carbocycles. The second-order valence-electron chi connectivity index (χ2n) is 7.81. The standard InChI is InChI=1S/C16H25BO5/c1-15(2)10-7-12(15)14-16(3,9-10)22-17(21-14)6-4-5-11(18)8-13(19)20/h4-5,10-12,14,18H,6-9H2,1-3H3,(H,19,20)/b5-4-/t10-,11?,12+,14-,16+/m1/s1. The van der Waals surface area contributed by atoms with E-state index in [4.69, 9.17) is 14.4 Å². The van der Waals surface area contributed by atoms with Crippen LogP contribution in [0.5, 0.6) is 0 Å². The van der Waals surface area contributed by atoms with Crippen LogP contribution < -0.4 is 0 Å². The maximum absolute atomic E-state index is 10.5. The van der Waals surface area contributed by atoms with Crippen LogP contribution in [0.3, 0.4) is 0 Å². The summed E-state index contributed by atoms with van der Waals surface area (Å²) in [6.45, 7) is 6.80. The molecule has 1 saturated heterocycles. The van der Waals surface area contributed by atoms with Gasteiger partial charge >= 0.3 is 13.1 Å². The average molecular weight is 308 g/mol. The molecular formula is C16H25BO5. The minimum absolute atomic E-state index is 0.148. The van der Waals surface area contributed by atoms with Crippen molar-refractivity contribution >= 4 is 13.1 Å². The van der Waals surface area contributed by atoms with Crippen molar-refractivity contribution in [3.8, 4) is 0 Å². The molecule has 0 radical (unpaired) electrons. The van der Waals surface area contributed by atoms with E-state index in [9.17, 15) is 9.90 Å². The highest BCUT2D eigenvalue weighted by atomic mass is 16.7. The summed E-state index contributed by atoms with van der Waals surface area (Å²) in [6, 6.07) is 0. The van der Waals surface area contributed by atoms with E-state index in [1.165, 1.54) is 12.5 Å². The number of aliphatic hydroxyl groups is 1. The van der Waals surface area contributed by atoms with Gasteiger partial charge in [0, 0.05) is 6.32 Å². The van der Waals surface area contributed by atoms with E-state index in [0.717, 1.165) is 6.42 Å². The van der Waals surface area contributed by atoms with E-state index in [1.54, 1.807) is 6.08 Å². The van der Waals surface area contributed by atoms with Gasteiger partial charge in [-0.2, -0.15) is 0 Å². The van der Waals surface area contributed by atoms with Gasteiger partial charge in [0.2, 0.25) is 0 Å². The molecule has 3 aliphatic carbocycles. The average Bonchev–Trinajstić information content (AvgIpc) is 2.73. The lowest BCUT2D eigenvalue weighted by atomic mass is 9.45. The molecule has 22 heavy (non-hydrogen) atoms. The molecule has 0 aromatic rings. The summed E-state index contributed by atoms with van der Waals surface area (Å²) in [5.41, 5.74) is 0.150. The molecule has 4 fully saturated rings. The molecule has 4 aliphatic rings. The van der Waals surface area contributed by atoms with Crippen molar-refractivity contribution < 1.29 is 24.3 Å². The van der Waals surface area contributed by atoms with Gasteiger partial charge in [-0.15, -0.1) is 0 Å². The number of aliphatic carboxylic acids is 1. The maximum Gasteiger partial charge on any atom is 0.461 e. The highest BCUT2D eigenvalue weighted by Crippen LogP contribution is 2.64. The SMILES string of the molecule is CC1(C)[C@@H]2C[C@H]1[C@H]1OB(C/C=C\C(O)CC(=O)O)O[C@@]1(C)C2. The predicted molar refractivity (Wildman–Crippen MR) is 82.3 cm³/mol. The highest BCUT2D eigenvalue weighted by molar-refractivity contribution is 6.46.